The van der Waals surface area contributed by atoms with Gasteiger partial charge in [-0.3, -0.25) is 0 Å². The Morgan fingerprint density at radius 2 is 1.96 bits per heavy atom. The van der Waals surface area contributed by atoms with Crippen molar-refractivity contribution in [3.63, 3.8) is 0 Å². The third-order valence-corrected chi connectivity index (χ3v) is 4.21. The molecule has 0 saturated heterocycles. The lowest BCUT2D eigenvalue weighted by Gasteiger charge is -2.17. The molecule has 0 radical (unpaired) electrons. The lowest BCUT2D eigenvalue weighted by molar-refractivity contribution is 0.0600. The predicted molar refractivity (Wildman–Crippen MR) is 85.2 cm³/mol. The van der Waals surface area contributed by atoms with E-state index in [9.17, 15) is 4.79 Å². The number of nitrogens with zero attached hydrogens (tertiary/aromatic N) is 2. The van der Waals surface area contributed by atoms with Crippen molar-refractivity contribution in [2.75, 3.05) is 12.4 Å². The van der Waals surface area contributed by atoms with E-state index in [2.05, 4.69) is 20.3 Å². The van der Waals surface area contributed by atoms with Gasteiger partial charge in [0.1, 0.15) is 0 Å². The molecule has 3 rings (SSSR count). The average molecular weight is 315 g/mol. The van der Waals surface area contributed by atoms with Crippen LogP contribution >= 0.6 is 0 Å². The molecule has 1 fully saturated rings. The van der Waals surface area contributed by atoms with Crippen LogP contribution < -0.4 is 5.32 Å². The second-order valence-corrected chi connectivity index (χ2v) is 5.82. The summed E-state index contributed by atoms with van der Waals surface area (Å²) in [4.78, 5) is 11.4. The maximum Gasteiger partial charge on any atom is 0.337 e. The number of ether oxygens (including phenoxy) is 1. The van der Waals surface area contributed by atoms with E-state index in [1.165, 1.54) is 26.4 Å². The van der Waals surface area contributed by atoms with Crippen LogP contribution in [-0.2, 0) is 11.3 Å². The Morgan fingerprint density at radius 3 is 2.65 bits per heavy atom. The van der Waals surface area contributed by atoms with Crippen molar-refractivity contribution < 1.29 is 13.9 Å². The Labute approximate surface area is 135 Å². The molecule has 6 nitrogen and oxygen atoms in total. The zero-order chi connectivity index (χ0) is 16.1. The zero-order valence-corrected chi connectivity index (χ0v) is 13.2. The molecule has 1 aliphatic rings. The first kappa shape index (κ1) is 15.5. The van der Waals surface area contributed by atoms with Gasteiger partial charge in [-0.2, -0.15) is 0 Å². The fourth-order valence-electron chi connectivity index (χ4n) is 2.87. The van der Waals surface area contributed by atoms with Crippen LogP contribution in [0.2, 0.25) is 0 Å². The molecule has 1 saturated carbocycles. The number of carbonyl (C=O) groups excluding carboxylic acids is 1. The first-order valence-corrected chi connectivity index (χ1v) is 8.01. The summed E-state index contributed by atoms with van der Waals surface area (Å²) in [5.41, 5.74) is 1.56. The van der Waals surface area contributed by atoms with Gasteiger partial charge in [0.05, 0.1) is 12.7 Å². The molecular formula is C17H21N3O3. The molecule has 1 N–H and O–H groups in total. The second kappa shape index (κ2) is 7.26. The minimum Gasteiger partial charge on any atom is -0.465 e. The summed E-state index contributed by atoms with van der Waals surface area (Å²) in [7, 11) is 1.37. The highest BCUT2D eigenvalue weighted by molar-refractivity contribution is 5.89. The molecule has 23 heavy (non-hydrogen) atoms. The number of benzene rings is 1. The van der Waals surface area contributed by atoms with E-state index in [-0.39, 0.29) is 5.97 Å². The van der Waals surface area contributed by atoms with E-state index in [1.807, 2.05) is 12.1 Å². The van der Waals surface area contributed by atoms with Gasteiger partial charge in [0.15, 0.2) is 0 Å². The average Bonchev–Trinajstić information content (AvgIpc) is 3.09. The van der Waals surface area contributed by atoms with Crippen molar-refractivity contribution in [3.8, 4) is 0 Å². The lowest BCUT2D eigenvalue weighted by Crippen LogP contribution is -2.04. The number of rotatable bonds is 5. The quantitative estimate of drug-likeness (QED) is 0.851. The van der Waals surface area contributed by atoms with Gasteiger partial charge >= 0.3 is 12.0 Å². The molecule has 0 unspecified atom stereocenters. The van der Waals surface area contributed by atoms with Crippen molar-refractivity contribution in [1.82, 2.24) is 10.2 Å². The van der Waals surface area contributed by atoms with Crippen LogP contribution in [0.25, 0.3) is 0 Å². The molecular weight excluding hydrogens is 294 g/mol. The van der Waals surface area contributed by atoms with Crippen LogP contribution in [0.4, 0.5) is 6.01 Å². The minimum atomic E-state index is -0.335. The molecule has 1 aromatic carbocycles. The van der Waals surface area contributed by atoms with Crippen molar-refractivity contribution in [2.45, 2.75) is 44.6 Å². The highest BCUT2D eigenvalue weighted by atomic mass is 16.5. The van der Waals surface area contributed by atoms with E-state index in [4.69, 9.17) is 4.42 Å². The number of hydrogen-bond acceptors (Lipinski definition) is 6. The van der Waals surface area contributed by atoms with Crippen molar-refractivity contribution in [1.29, 1.82) is 0 Å². The molecule has 1 heterocycles. The fourth-order valence-corrected chi connectivity index (χ4v) is 2.87. The van der Waals surface area contributed by atoms with Gasteiger partial charge in [-0.15, -0.1) is 5.10 Å². The van der Waals surface area contributed by atoms with Crippen LogP contribution in [0.1, 0.15) is 59.8 Å². The van der Waals surface area contributed by atoms with E-state index in [0.717, 1.165) is 24.3 Å². The molecule has 1 aliphatic carbocycles. The smallest absolute Gasteiger partial charge is 0.337 e. The van der Waals surface area contributed by atoms with Crippen LogP contribution in [-0.4, -0.2) is 23.3 Å². The second-order valence-electron chi connectivity index (χ2n) is 5.82. The monoisotopic (exact) mass is 315 g/mol. The zero-order valence-electron chi connectivity index (χ0n) is 13.2. The van der Waals surface area contributed by atoms with Gasteiger partial charge in [0.2, 0.25) is 5.89 Å². The normalized spacial score (nSPS) is 15.3. The van der Waals surface area contributed by atoms with Crippen LogP contribution in [0.3, 0.4) is 0 Å². The SMILES string of the molecule is COC(=O)c1ccc(CNc2nnc(C3CCCCC3)o2)cc1. The summed E-state index contributed by atoms with van der Waals surface area (Å²) in [6.07, 6.45) is 6.05. The third-order valence-electron chi connectivity index (χ3n) is 4.21. The van der Waals surface area contributed by atoms with Crippen molar-refractivity contribution >= 4 is 12.0 Å². The summed E-state index contributed by atoms with van der Waals surface area (Å²) in [6, 6.07) is 7.67. The molecule has 2 aromatic rings. The van der Waals surface area contributed by atoms with Gasteiger partial charge in [0, 0.05) is 12.5 Å². The largest absolute Gasteiger partial charge is 0.465 e. The standard InChI is InChI=1S/C17H21N3O3/c1-22-16(21)14-9-7-12(8-10-14)11-18-17-20-19-15(23-17)13-5-3-2-4-6-13/h7-10,13H,2-6,11H2,1H3,(H,18,20). The predicted octanol–water partition coefficient (Wildman–Crippen LogP) is 3.52. The molecule has 0 aliphatic heterocycles. The number of methoxy groups -OCH3 is 1. The molecule has 0 spiro atoms. The van der Waals surface area contributed by atoms with Gasteiger partial charge in [-0.25, -0.2) is 4.79 Å². The van der Waals surface area contributed by atoms with E-state index in [1.54, 1.807) is 12.1 Å². The summed E-state index contributed by atoms with van der Waals surface area (Å²) < 4.78 is 10.4. The Balaban J connectivity index is 1.56. The number of aromatic nitrogens is 2. The Hall–Kier alpha value is -2.37. The first-order valence-electron chi connectivity index (χ1n) is 8.01. The first-order chi connectivity index (χ1) is 11.3. The van der Waals surface area contributed by atoms with Gasteiger partial charge in [-0.1, -0.05) is 36.5 Å². The molecule has 0 atom stereocenters. The maximum absolute atomic E-state index is 11.4. The highest BCUT2D eigenvalue weighted by Crippen LogP contribution is 2.32. The van der Waals surface area contributed by atoms with Crippen molar-refractivity contribution in [2.24, 2.45) is 0 Å². The Kier molecular flexibility index (Phi) is 4.90. The lowest BCUT2D eigenvalue weighted by atomic mass is 9.89. The number of carbonyl (C=O) groups is 1. The molecule has 6 heteroatoms. The minimum absolute atomic E-state index is 0.335. The highest BCUT2D eigenvalue weighted by Gasteiger charge is 2.21. The van der Waals surface area contributed by atoms with Crippen molar-refractivity contribution in [3.05, 3.63) is 41.3 Å². The molecule has 0 amide bonds. The summed E-state index contributed by atoms with van der Waals surface area (Å²) in [6.45, 7) is 0.563. The topological polar surface area (TPSA) is 77.2 Å². The molecule has 0 bridgehead atoms. The van der Waals surface area contributed by atoms with Gasteiger partial charge in [-0.05, 0) is 30.5 Å². The van der Waals surface area contributed by atoms with E-state index >= 15 is 0 Å². The van der Waals surface area contributed by atoms with E-state index in [0.29, 0.717) is 24.0 Å². The molecule has 1 aromatic heterocycles. The fraction of sp³-hybridized carbons (Fsp3) is 0.471. The number of esters is 1. The summed E-state index contributed by atoms with van der Waals surface area (Å²) >= 11 is 0. The van der Waals surface area contributed by atoms with Crippen LogP contribution in [0, 0.1) is 0 Å². The Bertz CT molecular complexity index is 645. The van der Waals surface area contributed by atoms with Crippen LogP contribution in [0.5, 0.6) is 0 Å². The van der Waals surface area contributed by atoms with Gasteiger partial charge < -0.3 is 14.5 Å². The van der Waals surface area contributed by atoms with Crippen LogP contribution in [0.15, 0.2) is 28.7 Å². The maximum atomic E-state index is 11.4. The third kappa shape index (κ3) is 3.88. The number of anilines is 1. The molecule has 122 valence electrons. The summed E-state index contributed by atoms with van der Waals surface area (Å²) in [5.74, 6) is 0.818. The Morgan fingerprint density at radius 1 is 1.22 bits per heavy atom. The number of hydrogen-bond donors (Lipinski definition) is 1. The summed E-state index contributed by atoms with van der Waals surface area (Å²) in [5, 5.41) is 11.4. The van der Waals surface area contributed by atoms with E-state index < -0.39 is 0 Å². The number of nitrogens with one attached hydrogen (secondary N) is 1. The van der Waals surface area contributed by atoms with Gasteiger partial charge in [0.25, 0.3) is 0 Å².